The molecule has 1 fully saturated rings. The number of benzene rings is 1. The molecule has 7 heteroatoms. The number of carbonyl (C=O) groups excluding carboxylic acids is 1. The van der Waals surface area contributed by atoms with Gasteiger partial charge in [0.15, 0.2) is 0 Å². The third kappa shape index (κ3) is 4.76. The number of nitrogens with zero attached hydrogens (tertiary/aromatic N) is 5. The zero-order valence-electron chi connectivity index (χ0n) is 20.3. The normalized spacial score (nSPS) is 22.0. The number of piperazine rings is 1. The standard InChI is InChI=1S/C27H34N6O/c1-20-16-31(23(14-28-20)17-32-11-7-10-30-32)18-26(34)33-19-27(2,3)24-15-29-22(13-25(24)33)12-21-8-5-4-6-9-21/h4-11,13,15,20,23,28H,12,14,16-19H2,1-3H3/t20-,23-/m1/s1. The maximum absolute atomic E-state index is 13.7. The molecule has 1 aromatic carbocycles. The predicted molar refractivity (Wildman–Crippen MR) is 134 cm³/mol. The molecule has 1 amide bonds. The topological polar surface area (TPSA) is 66.3 Å². The smallest absolute Gasteiger partial charge is 0.241 e. The van der Waals surface area contributed by atoms with Gasteiger partial charge in [0.1, 0.15) is 0 Å². The summed E-state index contributed by atoms with van der Waals surface area (Å²) < 4.78 is 1.95. The van der Waals surface area contributed by atoms with Crippen LogP contribution in [0.1, 0.15) is 37.6 Å². The summed E-state index contributed by atoms with van der Waals surface area (Å²) in [5.41, 5.74) is 4.27. The fourth-order valence-electron chi connectivity index (χ4n) is 5.21. The van der Waals surface area contributed by atoms with Crippen LogP contribution in [0, 0.1) is 0 Å². The van der Waals surface area contributed by atoms with Crippen LogP contribution in [0.3, 0.4) is 0 Å². The molecule has 1 N–H and O–H groups in total. The Morgan fingerprint density at radius 2 is 2.03 bits per heavy atom. The minimum absolute atomic E-state index is 0.117. The van der Waals surface area contributed by atoms with Crippen LogP contribution in [0.15, 0.2) is 61.1 Å². The number of hydrogen-bond donors (Lipinski definition) is 1. The van der Waals surface area contributed by atoms with E-state index in [1.807, 2.05) is 34.1 Å². The van der Waals surface area contributed by atoms with Gasteiger partial charge in [0.05, 0.1) is 18.8 Å². The number of carbonyl (C=O) groups is 1. The molecule has 0 bridgehead atoms. The highest BCUT2D eigenvalue weighted by Gasteiger charge is 2.39. The minimum Gasteiger partial charge on any atom is -0.311 e. The van der Waals surface area contributed by atoms with Crippen molar-refractivity contribution in [3.8, 4) is 0 Å². The molecule has 0 radical (unpaired) electrons. The van der Waals surface area contributed by atoms with Gasteiger partial charge >= 0.3 is 0 Å². The van der Waals surface area contributed by atoms with Crippen molar-refractivity contribution in [3.63, 3.8) is 0 Å². The molecule has 0 unspecified atom stereocenters. The fourth-order valence-corrected chi connectivity index (χ4v) is 5.21. The lowest BCUT2D eigenvalue weighted by Gasteiger charge is -2.39. The summed E-state index contributed by atoms with van der Waals surface area (Å²) in [5, 5.41) is 7.93. The van der Waals surface area contributed by atoms with Gasteiger partial charge in [-0.2, -0.15) is 5.10 Å². The summed E-state index contributed by atoms with van der Waals surface area (Å²) in [4.78, 5) is 22.8. The highest BCUT2D eigenvalue weighted by Crippen LogP contribution is 2.40. The lowest BCUT2D eigenvalue weighted by Crippen LogP contribution is -2.59. The molecule has 4 heterocycles. The molecule has 2 aliphatic rings. The van der Waals surface area contributed by atoms with E-state index in [4.69, 9.17) is 4.98 Å². The average Bonchev–Trinajstić information content (AvgIpc) is 3.42. The molecule has 2 aromatic heterocycles. The summed E-state index contributed by atoms with van der Waals surface area (Å²) in [6, 6.07) is 15.0. The Morgan fingerprint density at radius 1 is 1.21 bits per heavy atom. The van der Waals surface area contributed by atoms with Crippen LogP contribution in [0.2, 0.25) is 0 Å². The van der Waals surface area contributed by atoms with Gasteiger partial charge in [0.2, 0.25) is 5.91 Å². The molecule has 7 nitrogen and oxygen atoms in total. The van der Waals surface area contributed by atoms with Gasteiger partial charge in [-0.1, -0.05) is 44.2 Å². The monoisotopic (exact) mass is 458 g/mol. The van der Waals surface area contributed by atoms with Gasteiger partial charge < -0.3 is 10.2 Å². The molecule has 2 atom stereocenters. The largest absolute Gasteiger partial charge is 0.311 e. The van der Waals surface area contributed by atoms with Crippen molar-refractivity contribution >= 4 is 11.6 Å². The van der Waals surface area contributed by atoms with Gasteiger partial charge in [-0.05, 0) is 24.6 Å². The second-order valence-electron chi connectivity index (χ2n) is 10.3. The van der Waals surface area contributed by atoms with Crippen molar-refractivity contribution in [2.75, 3.05) is 31.1 Å². The Hall–Kier alpha value is -3.03. The first-order valence-corrected chi connectivity index (χ1v) is 12.2. The molecule has 34 heavy (non-hydrogen) atoms. The van der Waals surface area contributed by atoms with E-state index in [-0.39, 0.29) is 17.4 Å². The number of amides is 1. The third-order valence-electron chi connectivity index (χ3n) is 7.06. The SMILES string of the molecule is C[C@@H]1CN(CC(=O)N2CC(C)(C)c3cnc(Cc4ccccc4)cc32)[C@@H](Cn2cccn2)CN1. The Morgan fingerprint density at radius 3 is 2.79 bits per heavy atom. The van der Waals surface area contributed by atoms with E-state index in [9.17, 15) is 4.79 Å². The highest BCUT2D eigenvalue weighted by atomic mass is 16.2. The van der Waals surface area contributed by atoms with Crippen LogP contribution in [0.4, 0.5) is 5.69 Å². The van der Waals surface area contributed by atoms with Crippen molar-refractivity contribution in [2.45, 2.75) is 51.2 Å². The zero-order valence-corrected chi connectivity index (χ0v) is 20.3. The molecular weight excluding hydrogens is 424 g/mol. The average molecular weight is 459 g/mol. The van der Waals surface area contributed by atoms with Crippen LogP contribution in [0.25, 0.3) is 0 Å². The predicted octanol–water partition coefficient (Wildman–Crippen LogP) is 2.86. The Bertz CT molecular complexity index is 1130. The molecule has 0 saturated carbocycles. The van der Waals surface area contributed by atoms with Crippen molar-refractivity contribution in [2.24, 2.45) is 0 Å². The first-order valence-electron chi connectivity index (χ1n) is 12.2. The van der Waals surface area contributed by atoms with Crippen LogP contribution in [0.5, 0.6) is 0 Å². The number of aromatic nitrogens is 3. The summed E-state index contributed by atoms with van der Waals surface area (Å²) in [7, 11) is 0. The number of hydrogen-bond acceptors (Lipinski definition) is 5. The number of rotatable bonds is 6. The van der Waals surface area contributed by atoms with Crippen LogP contribution in [-0.4, -0.2) is 63.8 Å². The van der Waals surface area contributed by atoms with Crippen molar-refractivity contribution < 1.29 is 4.79 Å². The van der Waals surface area contributed by atoms with Crippen molar-refractivity contribution in [1.82, 2.24) is 25.0 Å². The molecule has 178 valence electrons. The van der Waals surface area contributed by atoms with Crippen LogP contribution < -0.4 is 10.2 Å². The van der Waals surface area contributed by atoms with E-state index in [1.165, 1.54) is 5.56 Å². The van der Waals surface area contributed by atoms with Gasteiger partial charge in [-0.15, -0.1) is 0 Å². The summed E-state index contributed by atoms with van der Waals surface area (Å²) in [6.45, 7) is 10.1. The number of fused-ring (bicyclic) bond motifs is 1. The Kier molecular flexibility index (Phi) is 6.23. The minimum atomic E-state index is -0.117. The lowest BCUT2D eigenvalue weighted by atomic mass is 9.88. The molecule has 1 saturated heterocycles. The summed E-state index contributed by atoms with van der Waals surface area (Å²) >= 11 is 0. The van der Waals surface area contributed by atoms with Gasteiger partial charge in [-0.25, -0.2) is 0 Å². The van der Waals surface area contributed by atoms with Crippen LogP contribution in [-0.2, 0) is 23.2 Å². The second-order valence-corrected chi connectivity index (χ2v) is 10.3. The van der Waals surface area contributed by atoms with Gasteiger partial charge in [-0.3, -0.25) is 19.4 Å². The molecule has 0 aliphatic carbocycles. The van der Waals surface area contributed by atoms with Gasteiger partial charge in [0, 0.05) is 73.4 Å². The molecule has 0 spiro atoms. The third-order valence-corrected chi connectivity index (χ3v) is 7.06. The molecule has 2 aliphatic heterocycles. The number of anilines is 1. The van der Waals surface area contributed by atoms with E-state index >= 15 is 0 Å². The lowest BCUT2D eigenvalue weighted by molar-refractivity contribution is -0.120. The Labute approximate surface area is 201 Å². The molecule has 3 aromatic rings. The summed E-state index contributed by atoms with van der Waals surface area (Å²) in [5.74, 6) is 0.156. The first-order chi connectivity index (χ1) is 16.4. The number of nitrogens with one attached hydrogen (secondary N) is 1. The Balaban J connectivity index is 1.36. The van der Waals surface area contributed by atoms with Crippen molar-refractivity contribution in [1.29, 1.82) is 0 Å². The molecular formula is C27H34N6O. The van der Waals surface area contributed by atoms with Gasteiger partial charge in [0.25, 0.3) is 0 Å². The van der Waals surface area contributed by atoms with Crippen LogP contribution >= 0.6 is 0 Å². The zero-order chi connectivity index (χ0) is 23.7. The molecule has 5 rings (SSSR count). The van der Waals surface area contributed by atoms with Crippen molar-refractivity contribution in [3.05, 3.63) is 77.9 Å². The van der Waals surface area contributed by atoms with E-state index < -0.39 is 0 Å². The fraction of sp³-hybridized carbons (Fsp3) is 0.444. The van der Waals surface area contributed by atoms with E-state index in [0.717, 1.165) is 43.0 Å². The maximum Gasteiger partial charge on any atom is 0.241 e. The van der Waals surface area contributed by atoms with E-state index in [1.54, 1.807) is 6.20 Å². The quantitative estimate of drug-likeness (QED) is 0.615. The summed E-state index contributed by atoms with van der Waals surface area (Å²) in [6.07, 6.45) is 6.53. The first kappa shape index (κ1) is 22.7. The van der Waals surface area contributed by atoms with E-state index in [2.05, 4.69) is 66.4 Å². The second kappa shape index (κ2) is 9.31. The highest BCUT2D eigenvalue weighted by molar-refractivity contribution is 5.97. The number of pyridine rings is 1. The van der Waals surface area contributed by atoms with E-state index in [0.29, 0.717) is 19.1 Å². The maximum atomic E-state index is 13.7.